The van der Waals surface area contributed by atoms with Crippen molar-refractivity contribution in [1.29, 1.82) is 0 Å². The molecule has 2 atom stereocenters. The second-order valence-electron chi connectivity index (χ2n) is 4.99. The molecule has 2 rings (SSSR count). The van der Waals surface area contributed by atoms with E-state index in [1.54, 1.807) is 0 Å². The number of carbonyl (C=O) groups is 1. The molecule has 0 aromatic heterocycles. The summed E-state index contributed by atoms with van der Waals surface area (Å²) in [6, 6.07) is 0.649. The minimum atomic E-state index is 0.0919. The number of piperidine rings is 1. The highest BCUT2D eigenvalue weighted by atomic mass is 16.2. The van der Waals surface area contributed by atoms with Crippen LogP contribution in [0.25, 0.3) is 0 Å². The van der Waals surface area contributed by atoms with Crippen LogP contribution in [0.4, 0.5) is 0 Å². The standard InChI is InChI=1S/C12H22N2O/c1-3-14(10-4-5-10)12(15)11-8-9(2)6-7-13-11/h9-11,13H,3-8H2,1-2H3. The second kappa shape index (κ2) is 4.52. The van der Waals surface area contributed by atoms with Gasteiger partial charge in [0, 0.05) is 12.6 Å². The van der Waals surface area contributed by atoms with E-state index < -0.39 is 0 Å². The Morgan fingerprint density at radius 1 is 1.40 bits per heavy atom. The van der Waals surface area contributed by atoms with E-state index >= 15 is 0 Å². The summed E-state index contributed by atoms with van der Waals surface area (Å²) in [6.07, 6.45) is 4.64. The van der Waals surface area contributed by atoms with Gasteiger partial charge < -0.3 is 10.2 Å². The summed E-state index contributed by atoms with van der Waals surface area (Å²) in [7, 11) is 0. The number of hydrogen-bond donors (Lipinski definition) is 1. The fourth-order valence-corrected chi connectivity index (χ4v) is 2.48. The zero-order valence-corrected chi connectivity index (χ0v) is 9.83. The highest BCUT2D eigenvalue weighted by molar-refractivity contribution is 5.82. The van der Waals surface area contributed by atoms with Crippen LogP contribution in [0.2, 0.25) is 0 Å². The summed E-state index contributed by atoms with van der Waals surface area (Å²) < 4.78 is 0. The maximum absolute atomic E-state index is 12.2. The molecule has 3 nitrogen and oxygen atoms in total. The first-order valence-electron chi connectivity index (χ1n) is 6.26. The molecule has 0 bridgehead atoms. The topological polar surface area (TPSA) is 32.3 Å². The van der Waals surface area contributed by atoms with Gasteiger partial charge in [0.25, 0.3) is 0 Å². The van der Waals surface area contributed by atoms with Crippen molar-refractivity contribution in [1.82, 2.24) is 10.2 Å². The number of amides is 1. The molecule has 0 aromatic rings. The van der Waals surface area contributed by atoms with Gasteiger partial charge in [0.15, 0.2) is 0 Å². The fourth-order valence-electron chi connectivity index (χ4n) is 2.48. The van der Waals surface area contributed by atoms with Gasteiger partial charge in [0.2, 0.25) is 5.91 Å². The van der Waals surface area contributed by atoms with Crippen LogP contribution in [-0.4, -0.2) is 36.0 Å². The molecule has 1 saturated heterocycles. The number of carbonyl (C=O) groups excluding carboxylic acids is 1. The number of nitrogens with one attached hydrogen (secondary N) is 1. The van der Waals surface area contributed by atoms with Crippen molar-refractivity contribution in [3.05, 3.63) is 0 Å². The van der Waals surface area contributed by atoms with Crippen LogP contribution in [-0.2, 0) is 4.79 Å². The summed E-state index contributed by atoms with van der Waals surface area (Å²) in [5, 5.41) is 3.36. The lowest BCUT2D eigenvalue weighted by molar-refractivity contribution is -0.134. The first-order valence-corrected chi connectivity index (χ1v) is 6.26. The molecule has 1 amide bonds. The van der Waals surface area contributed by atoms with Crippen LogP contribution >= 0.6 is 0 Å². The van der Waals surface area contributed by atoms with Crippen molar-refractivity contribution in [2.75, 3.05) is 13.1 Å². The molecule has 2 aliphatic rings. The third kappa shape index (κ3) is 2.51. The van der Waals surface area contributed by atoms with Crippen molar-refractivity contribution < 1.29 is 4.79 Å². The number of nitrogens with zero attached hydrogens (tertiary/aromatic N) is 1. The number of rotatable bonds is 3. The largest absolute Gasteiger partial charge is 0.339 e. The van der Waals surface area contributed by atoms with E-state index in [2.05, 4.69) is 24.1 Å². The minimum absolute atomic E-state index is 0.0919. The van der Waals surface area contributed by atoms with Crippen molar-refractivity contribution in [2.24, 2.45) is 5.92 Å². The minimum Gasteiger partial charge on any atom is -0.339 e. The zero-order chi connectivity index (χ0) is 10.8. The summed E-state index contributed by atoms with van der Waals surface area (Å²) in [5.74, 6) is 1.03. The third-order valence-electron chi connectivity index (χ3n) is 3.58. The highest BCUT2D eigenvalue weighted by Gasteiger charge is 2.35. The van der Waals surface area contributed by atoms with E-state index in [-0.39, 0.29) is 6.04 Å². The van der Waals surface area contributed by atoms with E-state index in [1.807, 2.05) is 0 Å². The number of hydrogen-bond acceptors (Lipinski definition) is 2. The molecular weight excluding hydrogens is 188 g/mol. The van der Waals surface area contributed by atoms with Gasteiger partial charge in [0.05, 0.1) is 6.04 Å². The van der Waals surface area contributed by atoms with Crippen molar-refractivity contribution in [2.45, 2.75) is 51.6 Å². The first kappa shape index (κ1) is 10.9. The monoisotopic (exact) mass is 210 g/mol. The molecule has 3 heteroatoms. The van der Waals surface area contributed by atoms with Crippen LogP contribution < -0.4 is 5.32 Å². The molecule has 2 unspecified atom stereocenters. The Balaban J connectivity index is 1.92. The van der Waals surface area contributed by atoms with E-state index in [0.29, 0.717) is 17.9 Å². The van der Waals surface area contributed by atoms with Crippen molar-refractivity contribution >= 4 is 5.91 Å². The van der Waals surface area contributed by atoms with Gasteiger partial charge in [-0.25, -0.2) is 0 Å². The molecule has 2 fully saturated rings. The van der Waals surface area contributed by atoms with Gasteiger partial charge in [-0.15, -0.1) is 0 Å². The first-order chi connectivity index (χ1) is 7.22. The highest BCUT2D eigenvalue weighted by Crippen LogP contribution is 2.28. The molecule has 86 valence electrons. The fraction of sp³-hybridized carbons (Fsp3) is 0.917. The van der Waals surface area contributed by atoms with Crippen LogP contribution in [0.15, 0.2) is 0 Å². The molecular formula is C12H22N2O. The Bertz CT molecular complexity index is 238. The maximum Gasteiger partial charge on any atom is 0.239 e. The molecule has 1 saturated carbocycles. The smallest absolute Gasteiger partial charge is 0.239 e. The molecule has 1 heterocycles. The Kier molecular flexibility index (Phi) is 3.29. The lowest BCUT2D eigenvalue weighted by atomic mass is 9.93. The average Bonchev–Trinajstić information content (AvgIpc) is 3.03. The van der Waals surface area contributed by atoms with Gasteiger partial charge in [-0.1, -0.05) is 6.92 Å². The average molecular weight is 210 g/mol. The Labute approximate surface area is 92.2 Å². The van der Waals surface area contributed by atoms with Gasteiger partial charge >= 0.3 is 0 Å². The lowest BCUT2D eigenvalue weighted by Gasteiger charge is -2.32. The van der Waals surface area contributed by atoms with Gasteiger partial charge in [-0.2, -0.15) is 0 Å². The summed E-state index contributed by atoms with van der Waals surface area (Å²) in [4.78, 5) is 14.3. The molecule has 0 spiro atoms. The molecule has 0 aromatic carbocycles. The van der Waals surface area contributed by atoms with E-state index in [0.717, 1.165) is 19.5 Å². The predicted molar refractivity (Wildman–Crippen MR) is 60.6 cm³/mol. The maximum atomic E-state index is 12.2. The third-order valence-corrected chi connectivity index (χ3v) is 3.58. The van der Waals surface area contributed by atoms with E-state index in [4.69, 9.17) is 0 Å². The Hall–Kier alpha value is -0.570. The molecule has 1 N–H and O–H groups in total. The Morgan fingerprint density at radius 2 is 2.13 bits per heavy atom. The lowest BCUT2D eigenvalue weighted by Crippen LogP contribution is -2.50. The quantitative estimate of drug-likeness (QED) is 0.763. The zero-order valence-electron chi connectivity index (χ0n) is 9.83. The second-order valence-corrected chi connectivity index (χ2v) is 4.99. The van der Waals surface area contributed by atoms with Gasteiger partial charge in [-0.3, -0.25) is 4.79 Å². The number of likely N-dealkylation sites (N-methyl/N-ethyl adjacent to an activating group) is 1. The Morgan fingerprint density at radius 3 is 2.67 bits per heavy atom. The van der Waals surface area contributed by atoms with Crippen LogP contribution in [0.1, 0.15) is 39.5 Å². The van der Waals surface area contributed by atoms with Crippen LogP contribution in [0.3, 0.4) is 0 Å². The summed E-state index contributed by atoms with van der Waals surface area (Å²) in [5.41, 5.74) is 0. The van der Waals surface area contributed by atoms with Crippen LogP contribution in [0.5, 0.6) is 0 Å². The van der Waals surface area contributed by atoms with Crippen molar-refractivity contribution in [3.8, 4) is 0 Å². The van der Waals surface area contributed by atoms with Gasteiger partial charge in [-0.05, 0) is 45.1 Å². The van der Waals surface area contributed by atoms with Crippen molar-refractivity contribution in [3.63, 3.8) is 0 Å². The SMILES string of the molecule is CCN(C(=O)C1CC(C)CCN1)C1CC1. The molecule has 1 aliphatic carbocycles. The predicted octanol–water partition coefficient (Wildman–Crippen LogP) is 1.39. The molecule has 15 heavy (non-hydrogen) atoms. The molecule has 1 aliphatic heterocycles. The van der Waals surface area contributed by atoms with Crippen LogP contribution in [0, 0.1) is 5.92 Å². The van der Waals surface area contributed by atoms with E-state index in [1.165, 1.54) is 19.3 Å². The normalized spacial score (nSPS) is 31.3. The summed E-state index contributed by atoms with van der Waals surface area (Å²) >= 11 is 0. The van der Waals surface area contributed by atoms with Gasteiger partial charge in [0.1, 0.15) is 0 Å². The summed E-state index contributed by atoms with van der Waals surface area (Å²) in [6.45, 7) is 6.20. The molecule has 0 radical (unpaired) electrons. The van der Waals surface area contributed by atoms with E-state index in [9.17, 15) is 4.79 Å².